The molecule has 3 rings (SSSR count). The van der Waals surface area contributed by atoms with Crippen LogP contribution in [0.25, 0.3) is 10.9 Å². The highest BCUT2D eigenvalue weighted by Crippen LogP contribution is 2.22. The molecule has 0 unspecified atom stereocenters. The number of nitrogens with one attached hydrogen (secondary N) is 3. The summed E-state index contributed by atoms with van der Waals surface area (Å²) in [6.07, 6.45) is 6.16. The van der Waals surface area contributed by atoms with Gasteiger partial charge in [-0.05, 0) is 55.4 Å². The summed E-state index contributed by atoms with van der Waals surface area (Å²) in [5.74, 6) is 1.48. The van der Waals surface area contributed by atoms with Crippen molar-refractivity contribution < 1.29 is 9.47 Å². The normalized spacial score (nSPS) is 15.9. The zero-order valence-corrected chi connectivity index (χ0v) is 17.4. The maximum absolute atomic E-state index is 6.12. The minimum Gasteiger partial charge on any atom is -0.381 e. The molecule has 0 spiro atoms. The van der Waals surface area contributed by atoms with Crippen LogP contribution in [0.2, 0.25) is 5.02 Å². The molecule has 0 aliphatic carbocycles. The molecule has 1 aromatic carbocycles. The molecule has 2 aromatic rings. The first-order chi connectivity index (χ1) is 13.8. The maximum Gasteiger partial charge on any atom is 0.190 e. The molecule has 1 aliphatic heterocycles. The van der Waals surface area contributed by atoms with Gasteiger partial charge in [0.2, 0.25) is 0 Å². The SMILES string of the molecule is CN=C(NCCCOCC1CCOCC1)NCCc1c[nH]c2ccc(Cl)cc12. The van der Waals surface area contributed by atoms with Crippen molar-refractivity contribution in [2.75, 3.05) is 46.6 Å². The Morgan fingerprint density at radius 3 is 2.93 bits per heavy atom. The number of guanidine groups is 1. The number of fused-ring (bicyclic) bond motifs is 1. The van der Waals surface area contributed by atoms with Crippen molar-refractivity contribution in [1.29, 1.82) is 0 Å². The number of hydrogen-bond acceptors (Lipinski definition) is 3. The third kappa shape index (κ3) is 6.40. The Kier molecular flexibility index (Phi) is 8.45. The van der Waals surface area contributed by atoms with E-state index in [-0.39, 0.29) is 0 Å². The van der Waals surface area contributed by atoms with Gasteiger partial charge in [0.15, 0.2) is 5.96 Å². The Bertz CT molecular complexity index is 756. The van der Waals surface area contributed by atoms with Crippen molar-refractivity contribution >= 4 is 28.5 Å². The van der Waals surface area contributed by atoms with Gasteiger partial charge >= 0.3 is 0 Å². The van der Waals surface area contributed by atoms with E-state index in [2.05, 4.69) is 26.8 Å². The molecule has 1 saturated heterocycles. The molecule has 0 bridgehead atoms. The van der Waals surface area contributed by atoms with Crippen LogP contribution < -0.4 is 10.6 Å². The smallest absolute Gasteiger partial charge is 0.190 e. The van der Waals surface area contributed by atoms with Crippen molar-refractivity contribution in [3.05, 3.63) is 35.0 Å². The molecule has 0 amide bonds. The Morgan fingerprint density at radius 2 is 2.11 bits per heavy atom. The molecule has 28 heavy (non-hydrogen) atoms. The van der Waals surface area contributed by atoms with Crippen molar-refractivity contribution in [3.63, 3.8) is 0 Å². The first-order valence-electron chi connectivity index (χ1n) is 10.1. The summed E-state index contributed by atoms with van der Waals surface area (Å²) >= 11 is 6.12. The van der Waals surface area contributed by atoms with Gasteiger partial charge in [-0.15, -0.1) is 0 Å². The summed E-state index contributed by atoms with van der Waals surface area (Å²) in [7, 11) is 1.79. The molecule has 0 atom stereocenters. The highest BCUT2D eigenvalue weighted by atomic mass is 35.5. The number of halogens is 1. The predicted molar refractivity (Wildman–Crippen MR) is 115 cm³/mol. The van der Waals surface area contributed by atoms with Gasteiger partial charge in [0, 0.05) is 68.7 Å². The minimum absolute atomic E-state index is 0.663. The highest BCUT2D eigenvalue weighted by molar-refractivity contribution is 6.31. The van der Waals surface area contributed by atoms with E-state index in [9.17, 15) is 0 Å². The van der Waals surface area contributed by atoms with Gasteiger partial charge in [0.1, 0.15) is 0 Å². The standard InChI is InChI=1S/C21H31ClN4O2/c1-23-21(24-8-2-10-28-15-16-6-11-27-12-7-16)25-9-5-17-14-26-20-4-3-18(22)13-19(17)20/h3-4,13-14,16,26H,2,5-12,15H2,1H3,(H2,23,24,25). The largest absolute Gasteiger partial charge is 0.381 e. The molecule has 154 valence electrons. The number of benzene rings is 1. The molecule has 0 radical (unpaired) electrons. The molecule has 3 N–H and O–H groups in total. The van der Waals surface area contributed by atoms with Crippen LogP contribution in [0.1, 0.15) is 24.8 Å². The van der Waals surface area contributed by atoms with Gasteiger partial charge in [-0.2, -0.15) is 0 Å². The highest BCUT2D eigenvalue weighted by Gasteiger charge is 2.13. The van der Waals surface area contributed by atoms with Gasteiger partial charge < -0.3 is 25.1 Å². The lowest BCUT2D eigenvalue weighted by molar-refractivity contribution is 0.0203. The molecule has 1 fully saturated rings. The fourth-order valence-electron chi connectivity index (χ4n) is 3.44. The van der Waals surface area contributed by atoms with Crippen LogP contribution in [-0.4, -0.2) is 57.5 Å². The number of aliphatic imine (C=N–C) groups is 1. The molecule has 0 saturated carbocycles. The summed E-state index contributed by atoms with van der Waals surface area (Å²) in [5.41, 5.74) is 2.37. The summed E-state index contributed by atoms with van der Waals surface area (Å²) < 4.78 is 11.2. The Morgan fingerprint density at radius 1 is 1.29 bits per heavy atom. The Labute approximate surface area is 172 Å². The molecular weight excluding hydrogens is 376 g/mol. The predicted octanol–water partition coefficient (Wildman–Crippen LogP) is 3.36. The topological polar surface area (TPSA) is 70.7 Å². The number of H-pyrrole nitrogens is 1. The molecular formula is C21H31ClN4O2. The van der Waals surface area contributed by atoms with Crippen molar-refractivity contribution in [2.45, 2.75) is 25.7 Å². The van der Waals surface area contributed by atoms with Gasteiger partial charge in [0.25, 0.3) is 0 Å². The van der Waals surface area contributed by atoms with E-state index < -0.39 is 0 Å². The van der Waals surface area contributed by atoms with E-state index in [1.165, 1.54) is 10.9 Å². The van der Waals surface area contributed by atoms with E-state index in [4.69, 9.17) is 21.1 Å². The van der Waals surface area contributed by atoms with Crippen LogP contribution in [0.4, 0.5) is 0 Å². The lowest BCUT2D eigenvalue weighted by Crippen LogP contribution is -2.39. The van der Waals surface area contributed by atoms with E-state index in [0.29, 0.717) is 5.92 Å². The summed E-state index contributed by atoms with van der Waals surface area (Å²) in [4.78, 5) is 7.58. The Hall–Kier alpha value is -1.76. The van der Waals surface area contributed by atoms with E-state index in [0.717, 1.165) is 81.7 Å². The van der Waals surface area contributed by atoms with Crippen LogP contribution in [-0.2, 0) is 15.9 Å². The van der Waals surface area contributed by atoms with Crippen LogP contribution in [0.5, 0.6) is 0 Å². The number of nitrogens with zero attached hydrogens (tertiary/aromatic N) is 1. The molecule has 7 heteroatoms. The maximum atomic E-state index is 6.12. The summed E-state index contributed by atoms with van der Waals surface area (Å²) in [6.45, 7) is 5.03. The summed E-state index contributed by atoms with van der Waals surface area (Å²) in [5, 5.41) is 8.65. The first kappa shape index (κ1) is 21.0. The van der Waals surface area contributed by atoms with Crippen molar-refractivity contribution in [2.24, 2.45) is 10.9 Å². The van der Waals surface area contributed by atoms with Crippen LogP contribution in [0.3, 0.4) is 0 Å². The number of hydrogen-bond donors (Lipinski definition) is 3. The molecule has 6 nitrogen and oxygen atoms in total. The number of aromatic nitrogens is 1. The van der Waals surface area contributed by atoms with E-state index in [1.807, 2.05) is 18.2 Å². The van der Waals surface area contributed by atoms with Crippen LogP contribution in [0, 0.1) is 5.92 Å². The zero-order chi connectivity index (χ0) is 19.6. The zero-order valence-electron chi connectivity index (χ0n) is 16.6. The second kappa shape index (κ2) is 11.3. The number of ether oxygens (including phenoxy) is 2. The summed E-state index contributed by atoms with van der Waals surface area (Å²) in [6, 6.07) is 5.93. The second-order valence-corrected chi connectivity index (χ2v) is 7.60. The fourth-order valence-corrected chi connectivity index (χ4v) is 3.61. The third-order valence-electron chi connectivity index (χ3n) is 5.09. The second-order valence-electron chi connectivity index (χ2n) is 7.16. The van der Waals surface area contributed by atoms with E-state index in [1.54, 1.807) is 7.05 Å². The molecule has 1 aromatic heterocycles. The van der Waals surface area contributed by atoms with Crippen LogP contribution >= 0.6 is 11.6 Å². The third-order valence-corrected chi connectivity index (χ3v) is 5.33. The monoisotopic (exact) mass is 406 g/mol. The van der Waals surface area contributed by atoms with Gasteiger partial charge in [-0.25, -0.2) is 0 Å². The van der Waals surface area contributed by atoms with Gasteiger partial charge in [0.05, 0.1) is 0 Å². The van der Waals surface area contributed by atoms with Crippen LogP contribution in [0.15, 0.2) is 29.4 Å². The van der Waals surface area contributed by atoms with Crippen molar-refractivity contribution in [3.8, 4) is 0 Å². The van der Waals surface area contributed by atoms with Gasteiger partial charge in [-0.3, -0.25) is 4.99 Å². The quantitative estimate of drug-likeness (QED) is 0.339. The Balaban J connectivity index is 1.29. The van der Waals surface area contributed by atoms with E-state index >= 15 is 0 Å². The van der Waals surface area contributed by atoms with Gasteiger partial charge in [-0.1, -0.05) is 11.6 Å². The minimum atomic E-state index is 0.663. The lowest BCUT2D eigenvalue weighted by atomic mass is 10.0. The number of rotatable bonds is 9. The molecule has 1 aliphatic rings. The first-order valence-corrected chi connectivity index (χ1v) is 10.5. The number of aromatic amines is 1. The average Bonchev–Trinajstić information content (AvgIpc) is 3.12. The molecule has 2 heterocycles. The fraction of sp³-hybridized carbons (Fsp3) is 0.571. The lowest BCUT2D eigenvalue weighted by Gasteiger charge is -2.21. The average molecular weight is 407 g/mol. The van der Waals surface area contributed by atoms with Crippen molar-refractivity contribution in [1.82, 2.24) is 15.6 Å².